The van der Waals surface area contributed by atoms with E-state index in [0.29, 0.717) is 5.76 Å². The summed E-state index contributed by atoms with van der Waals surface area (Å²) in [5.41, 5.74) is 1.60. The molecule has 138 valence electrons. The van der Waals surface area contributed by atoms with Crippen LogP contribution >= 0.6 is 0 Å². The molecule has 6 heteroatoms. The fourth-order valence-corrected chi connectivity index (χ4v) is 2.70. The number of aromatic nitrogens is 1. The van der Waals surface area contributed by atoms with Crippen LogP contribution in [0.15, 0.2) is 71.3 Å². The third-order valence-corrected chi connectivity index (χ3v) is 4.04. The number of rotatable bonds is 6. The highest BCUT2D eigenvalue weighted by Crippen LogP contribution is 2.26. The fourth-order valence-electron chi connectivity index (χ4n) is 2.70. The number of amides is 1. The maximum absolute atomic E-state index is 12.9. The van der Waals surface area contributed by atoms with Crippen molar-refractivity contribution in [3.05, 3.63) is 83.6 Å². The van der Waals surface area contributed by atoms with Crippen molar-refractivity contribution >= 4 is 17.7 Å². The van der Waals surface area contributed by atoms with Crippen LogP contribution in [0.4, 0.5) is 5.82 Å². The lowest BCUT2D eigenvalue weighted by molar-refractivity contribution is -0.153. The van der Waals surface area contributed by atoms with E-state index in [-0.39, 0.29) is 5.82 Å². The van der Waals surface area contributed by atoms with Crippen molar-refractivity contribution < 1.29 is 18.8 Å². The molecule has 0 bridgehead atoms. The van der Waals surface area contributed by atoms with Gasteiger partial charge in [0.15, 0.2) is 11.9 Å². The van der Waals surface area contributed by atoms with Gasteiger partial charge in [0.05, 0.1) is 0 Å². The van der Waals surface area contributed by atoms with Crippen LogP contribution in [-0.4, -0.2) is 23.1 Å². The standard InChI is InChI=1S/C21H20N2O4/c1-14-13-18(23-27-14)22-20(24)15(2)26-21(25)19(16-9-5-3-6-10-16)17-11-7-4-8-12-17/h3-13,15,19H,1-2H3,(H,22,23,24)/t15-/m1/s1. The van der Waals surface area contributed by atoms with Gasteiger partial charge >= 0.3 is 5.97 Å². The van der Waals surface area contributed by atoms with Crippen molar-refractivity contribution in [2.24, 2.45) is 0 Å². The highest BCUT2D eigenvalue weighted by molar-refractivity contribution is 5.95. The van der Waals surface area contributed by atoms with E-state index >= 15 is 0 Å². The topological polar surface area (TPSA) is 81.4 Å². The van der Waals surface area contributed by atoms with E-state index in [2.05, 4.69) is 10.5 Å². The molecule has 6 nitrogen and oxygen atoms in total. The van der Waals surface area contributed by atoms with Crippen molar-refractivity contribution in [2.45, 2.75) is 25.9 Å². The lowest BCUT2D eigenvalue weighted by Gasteiger charge is -2.19. The van der Waals surface area contributed by atoms with Gasteiger partial charge in [0.25, 0.3) is 5.91 Å². The summed E-state index contributed by atoms with van der Waals surface area (Å²) in [6, 6.07) is 20.3. The molecule has 0 aliphatic heterocycles. The number of esters is 1. The SMILES string of the molecule is Cc1cc(NC(=O)[C@@H](C)OC(=O)C(c2ccccc2)c2ccccc2)no1. The summed E-state index contributed by atoms with van der Waals surface area (Å²) in [4.78, 5) is 25.2. The minimum Gasteiger partial charge on any atom is -0.452 e. The second-order valence-corrected chi connectivity index (χ2v) is 6.15. The van der Waals surface area contributed by atoms with Gasteiger partial charge < -0.3 is 14.6 Å². The molecular formula is C21H20N2O4. The zero-order chi connectivity index (χ0) is 19.2. The fraction of sp³-hybridized carbons (Fsp3) is 0.190. The van der Waals surface area contributed by atoms with E-state index in [1.54, 1.807) is 13.0 Å². The van der Waals surface area contributed by atoms with E-state index in [0.717, 1.165) is 11.1 Å². The zero-order valence-electron chi connectivity index (χ0n) is 15.1. The van der Waals surface area contributed by atoms with Crippen LogP contribution in [-0.2, 0) is 14.3 Å². The van der Waals surface area contributed by atoms with Gasteiger partial charge in [-0.25, -0.2) is 0 Å². The Hall–Kier alpha value is -3.41. The monoisotopic (exact) mass is 364 g/mol. The lowest BCUT2D eigenvalue weighted by atomic mass is 9.91. The summed E-state index contributed by atoms with van der Waals surface area (Å²) in [5, 5.41) is 6.27. The van der Waals surface area contributed by atoms with Crippen LogP contribution in [0, 0.1) is 6.92 Å². The molecule has 0 saturated heterocycles. The van der Waals surface area contributed by atoms with Crippen molar-refractivity contribution in [3.63, 3.8) is 0 Å². The summed E-state index contributed by atoms with van der Waals surface area (Å²) >= 11 is 0. The number of ether oxygens (including phenoxy) is 1. The molecule has 0 fully saturated rings. The molecule has 1 aromatic heterocycles. The summed E-state index contributed by atoms with van der Waals surface area (Å²) in [5.74, 6) is -0.730. The second kappa shape index (κ2) is 8.31. The maximum Gasteiger partial charge on any atom is 0.318 e. The Labute approximate surface area is 157 Å². The van der Waals surface area contributed by atoms with Gasteiger partial charge in [-0.2, -0.15) is 0 Å². The van der Waals surface area contributed by atoms with E-state index in [1.807, 2.05) is 60.7 Å². The summed E-state index contributed by atoms with van der Waals surface area (Å²) in [6.45, 7) is 3.24. The molecule has 3 aromatic rings. The number of nitrogens with zero attached hydrogens (tertiary/aromatic N) is 1. The average molecular weight is 364 g/mol. The Morgan fingerprint density at radius 1 is 1.00 bits per heavy atom. The van der Waals surface area contributed by atoms with E-state index < -0.39 is 23.9 Å². The van der Waals surface area contributed by atoms with Crippen LogP contribution in [0.5, 0.6) is 0 Å². The van der Waals surface area contributed by atoms with Gasteiger partial charge in [-0.1, -0.05) is 65.8 Å². The molecule has 0 aliphatic rings. The molecule has 2 aromatic carbocycles. The highest BCUT2D eigenvalue weighted by atomic mass is 16.5. The van der Waals surface area contributed by atoms with Crippen LogP contribution in [0.1, 0.15) is 29.7 Å². The largest absolute Gasteiger partial charge is 0.452 e. The number of anilines is 1. The predicted octanol–water partition coefficient (Wildman–Crippen LogP) is 3.69. The minimum absolute atomic E-state index is 0.281. The zero-order valence-corrected chi connectivity index (χ0v) is 15.1. The normalized spacial score (nSPS) is 11.8. The Kier molecular flexibility index (Phi) is 5.66. The Balaban J connectivity index is 1.75. The smallest absolute Gasteiger partial charge is 0.318 e. The van der Waals surface area contributed by atoms with Crippen molar-refractivity contribution in [2.75, 3.05) is 5.32 Å². The summed E-state index contributed by atoms with van der Waals surface area (Å²) < 4.78 is 10.4. The van der Waals surface area contributed by atoms with Gasteiger partial charge in [-0.05, 0) is 25.0 Å². The number of nitrogens with one attached hydrogen (secondary N) is 1. The third-order valence-electron chi connectivity index (χ3n) is 4.04. The first kappa shape index (κ1) is 18.4. The van der Waals surface area contributed by atoms with E-state index in [1.165, 1.54) is 6.92 Å². The second-order valence-electron chi connectivity index (χ2n) is 6.15. The van der Waals surface area contributed by atoms with Crippen molar-refractivity contribution in [1.82, 2.24) is 5.16 Å². The number of carbonyl (C=O) groups excluding carboxylic acids is 2. The number of carbonyl (C=O) groups is 2. The van der Waals surface area contributed by atoms with Crippen molar-refractivity contribution in [1.29, 1.82) is 0 Å². The highest BCUT2D eigenvalue weighted by Gasteiger charge is 2.28. The molecule has 1 N–H and O–H groups in total. The van der Waals surface area contributed by atoms with Gasteiger partial charge in [-0.15, -0.1) is 0 Å². The van der Waals surface area contributed by atoms with Crippen LogP contribution in [0.2, 0.25) is 0 Å². The van der Waals surface area contributed by atoms with Crippen LogP contribution < -0.4 is 5.32 Å². The molecule has 0 aliphatic carbocycles. The van der Waals surface area contributed by atoms with Crippen LogP contribution in [0.3, 0.4) is 0 Å². The lowest BCUT2D eigenvalue weighted by Crippen LogP contribution is -2.32. The minimum atomic E-state index is -0.982. The molecule has 0 unspecified atom stereocenters. The van der Waals surface area contributed by atoms with Crippen LogP contribution in [0.25, 0.3) is 0 Å². The van der Waals surface area contributed by atoms with E-state index in [9.17, 15) is 9.59 Å². The number of hydrogen-bond acceptors (Lipinski definition) is 5. The first-order valence-electron chi connectivity index (χ1n) is 8.59. The quantitative estimate of drug-likeness (QED) is 0.675. The first-order chi connectivity index (χ1) is 13.0. The number of aryl methyl sites for hydroxylation is 1. The summed E-state index contributed by atoms with van der Waals surface area (Å²) in [6.07, 6.45) is -0.982. The van der Waals surface area contributed by atoms with E-state index in [4.69, 9.17) is 9.26 Å². The molecule has 0 spiro atoms. The maximum atomic E-state index is 12.9. The van der Waals surface area contributed by atoms with Gasteiger partial charge in [0, 0.05) is 6.07 Å². The third kappa shape index (κ3) is 4.61. The van der Waals surface area contributed by atoms with Gasteiger partial charge in [-0.3, -0.25) is 9.59 Å². The Morgan fingerprint density at radius 3 is 2.04 bits per heavy atom. The van der Waals surface area contributed by atoms with Crippen molar-refractivity contribution in [3.8, 4) is 0 Å². The molecule has 0 saturated carbocycles. The molecule has 1 heterocycles. The Morgan fingerprint density at radius 2 is 1.56 bits per heavy atom. The number of benzene rings is 2. The molecule has 1 amide bonds. The average Bonchev–Trinajstić information content (AvgIpc) is 3.08. The molecule has 0 radical (unpaired) electrons. The predicted molar refractivity (Wildman–Crippen MR) is 100 cm³/mol. The molecule has 3 rings (SSSR count). The van der Waals surface area contributed by atoms with Gasteiger partial charge in [0.2, 0.25) is 0 Å². The molecular weight excluding hydrogens is 344 g/mol. The first-order valence-corrected chi connectivity index (χ1v) is 8.59. The Bertz CT molecular complexity index is 867. The number of hydrogen-bond donors (Lipinski definition) is 1. The van der Waals surface area contributed by atoms with Gasteiger partial charge in [0.1, 0.15) is 11.7 Å². The summed E-state index contributed by atoms with van der Waals surface area (Å²) in [7, 11) is 0. The molecule has 1 atom stereocenters. The molecule has 27 heavy (non-hydrogen) atoms.